The molecule has 0 radical (unpaired) electrons. The highest BCUT2D eigenvalue weighted by atomic mass is 32.1. The van der Waals surface area contributed by atoms with E-state index in [1.54, 1.807) is 0 Å². The zero-order valence-electron chi connectivity index (χ0n) is 11.7. The van der Waals surface area contributed by atoms with Gasteiger partial charge in [0.2, 0.25) is 0 Å². The maximum Gasteiger partial charge on any atom is 0.0603 e. The standard InChI is InChI=1S/C18H15NS2/c1-19-18(14-10-20-16-8-4-2-6-12(14)16)15-11-21-17-9-5-3-7-13(15)17/h2-11,18-19H,1H3. The van der Waals surface area contributed by atoms with Crippen molar-refractivity contribution >= 4 is 42.8 Å². The third kappa shape index (κ3) is 2.09. The predicted molar refractivity (Wildman–Crippen MR) is 94.6 cm³/mol. The van der Waals surface area contributed by atoms with Gasteiger partial charge in [-0.3, -0.25) is 0 Å². The highest BCUT2D eigenvalue weighted by molar-refractivity contribution is 7.17. The molecule has 21 heavy (non-hydrogen) atoms. The number of fused-ring (bicyclic) bond motifs is 2. The van der Waals surface area contributed by atoms with Crippen LogP contribution in [0.4, 0.5) is 0 Å². The first-order chi connectivity index (χ1) is 10.4. The molecule has 4 aromatic rings. The minimum Gasteiger partial charge on any atom is -0.309 e. The van der Waals surface area contributed by atoms with Crippen molar-refractivity contribution in [3.8, 4) is 0 Å². The van der Waals surface area contributed by atoms with E-state index in [2.05, 4.69) is 64.6 Å². The Morgan fingerprint density at radius 2 is 1.24 bits per heavy atom. The normalized spacial score (nSPS) is 11.7. The monoisotopic (exact) mass is 309 g/mol. The molecule has 0 fully saturated rings. The SMILES string of the molecule is CNC(c1csc2ccccc12)c1csc2ccccc12. The van der Waals surface area contributed by atoms with Crippen LogP contribution in [0.15, 0.2) is 59.3 Å². The van der Waals surface area contributed by atoms with Crippen LogP contribution in [0.1, 0.15) is 17.2 Å². The third-order valence-electron chi connectivity index (χ3n) is 3.93. The maximum atomic E-state index is 3.50. The lowest BCUT2D eigenvalue weighted by Gasteiger charge is -2.15. The number of hydrogen-bond donors (Lipinski definition) is 1. The summed E-state index contributed by atoms with van der Waals surface area (Å²) in [6, 6.07) is 17.5. The Labute approximate surface area is 131 Å². The van der Waals surface area contributed by atoms with Crippen LogP contribution in [0.25, 0.3) is 20.2 Å². The first kappa shape index (κ1) is 13.0. The Balaban J connectivity index is 1.92. The Hall–Kier alpha value is -1.68. The molecule has 1 nitrogen and oxygen atoms in total. The zero-order valence-corrected chi connectivity index (χ0v) is 13.3. The number of benzene rings is 2. The molecule has 1 N–H and O–H groups in total. The van der Waals surface area contributed by atoms with Crippen molar-refractivity contribution in [2.24, 2.45) is 0 Å². The van der Waals surface area contributed by atoms with Crippen molar-refractivity contribution in [1.82, 2.24) is 5.32 Å². The van der Waals surface area contributed by atoms with E-state index in [1.807, 2.05) is 29.7 Å². The summed E-state index contributed by atoms with van der Waals surface area (Å²) < 4.78 is 2.71. The summed E-state index contributed by atoms with van der Waals surface area (Å²) in [5, 5.41) is 10.8. The number of thiophene rings is 2. The molecule has 0 aliphatic heterocycles. The number of nitrogens with one attached hydrogen (secondary N) is 1. The minimum atomic E-state index is 0.247. The van der Waals surface area contributed by atoms with Crippen molar-refractivity contribution in [3.63, 3.8) is 0 Å². The second-order valence-corrected chi connectivity index (χ2v) is 6.92. The molecule has 0 saturated heterocycles. The summed E-state index contributed by atoms with van der Waals surface area (Å²) >= 11 is 3.65. The molecule has 0 bridgehead atoms. The van der Waals surface area contributed by atoms with Gasteiger partial charge in [0, 0.05) is 9.40 Å². The first-order valence-electron chi connectivity index (χ1n) is 6.98. The molecular formula is C18H15NS2. The van der Waals surface area contributed by atoms with Crippen LogP contribution in [0, 0.1) is 0 Å². The van der Waals surface area contributed by atoms with Gasteiger partial charge in [-0.25, -0.2) is 0 Å². The lowest BCUT2D eigenvalue weighted by molar-refractivity contribution is 0.706. The van der Waals surface area contributed by atoms with Crippen molar-refractivity contribution in [2.75, 3.05) is 7.05 Å². The molecule has 0 unspecified atom stereocenters. The molecule has 104 valence electrons. The molecule has 2 aromatic heterocycles. The summed E-state index contributed by atoms with van der Waals surface area (Å²) in [7, 11) is 2.05. The quantitative estimate of drug-likeness (QED) is 0.532. The minimum absolute atomic E-state index is 0.247. The van der Waals surface area contributed by atoms with Crippen molar-refractivity contribution in [1.29, 1.82) is 0 Å². The van der Waals surface area contributed by atoms with E-state index in [4.69, 9.17) is 0 Å². The van der Waals surface area contributed by atoms with Gasteiger partial charge in [0.1, 0.15) is 0 Å². The van der Waals surface area contributed by atoms with Crippen LogP contribution >= 0.6 is 22.7 Å². The van der Waals surface area contributed by atoms with E-state index in [-0.39, 0.29) is 6.04 Å². The molecule has 0 aliphatic carbocycles. The average Bonchev–Trinajstić information content (AvgIpc) is 3.14. The molecule has 0 atom stereocenters. The lowest BCUT2D eigenvalue weighted by atomic mass is 9.98. The lowest BCUT2D eigenvalue weighted by Crippen LogP contribution is -2.16. The fourth-order valence-corrected chi connectivity index (χ4v) is 4.90. The fourth-order valence-electron chi connectivity index (χ4n) is 2.92. The molecule has 0 amide bonds. The predicted octanol–water partition coefficient (Wildman–Crippen LogP) is 5.42. The van der Waals surface area contributed by atoms with E-state index in [9.17, 15) is 0 Å². The Bertz CT molecular complexity index is 830. The molecule has 0 aliphatic rings. The van der Waals surface area contributed by atoms with Crippen LogP contribution in [0.5, 0.6) is 0 Å². The zero-order chi connectivity index (χ0) is 14.2. The summed E-state index contributed by atoms with van der Waals surface area (Å²) in [4.78, 5) is 0. The van der Waals surface area contributed by atoms with Gasteiger partial charge >= 0.3 is 0 Å². The highest BCUT2D eigenvalue weighted by Crippen LogP contribution is 2.38. The van der Waals surface area contributed by atoms with Crippen LogP contribution in [0.3, 0.4) is 0 Å². The fraction of sp³-hybridized carbons (Fsp3) is 0.111. The van der Waals surface area contributed by atoms with E-state index in [0.717, 1.165) is 0 Å². The Kier molecular flexibility index (Phi) is 3.26. The summed E-state index contributed by atoms with van der Waals surface area (Å²) in [5.41, 5.74) is 2.75. The molecule has 0 saturated carbocycles. The van der Waals surface area contributed by atoms with E-state index in [1.165, 1.54) is 31.3 Å². The topological polar surface area (TPSA) is 12.0 Å². The third-order valence-corrected chi connectivity index (χ3v) is 5.90. The van der Waals surface area contributed by atoms with E-state index in [0.29, 0.717) is 0 Å². The Morgan fingerprint density at radius 3 is 1.71 bits per heavy atom. The van der Waals surface area contributed by atoms with Gasteiger partial charge in [-0.1, -0.05) is 36.4 Å². The Morgan fingerprint density at radius 1 is 0.762 bits per heavy atom. The van der Waals surface area contributed by atoms with Crippen LogP contribution in [-0.4, -0.2) is 7.05 Å². The van der Waals surface area contributed by atoms with Gasteiger partial charge in [0.05, 0.1) is 6.04 Å². The van der Waals surface area contributed by atoms with Gasteiger partial charge in [-0.05, 0) is 51.8 Å². The van der Waals surface area contributed by atoms with Crippen LogP contribution in [-0.2, 0) is 0 Å². The molecule has 2 heterocycles. The average molecular weight is 309 g/mol. The van der Waals surface area contributed by atoms with Crippen LogP contribution < -0.4 is 5.32 Å². The van der Waals surface area contributed by atoms with Gasteiger partial charge in [0.25, 0.3) is 0 Å². The smallest absolute Gasteiger partial charge is 0.0603 e. The summed E-state index contributed by atoms with van der Waals surface area (Å²) in [6.07, 6.45) is 0. The summed E-state index contributed by atoms with van der Waals surface area (Å²) in [6.45, 7) is 0. The second-order valence-electron chi connectivity index (χ2n) is 5.10. The summed E-state index contributed by atoms with van der Waals surface area (Å²) in [5.74, 6) is 0. The van der Waals surface area contributed by atoms with Gasteiger partial charge in [0.15, 0.2) is 0 Å². The number of rotatable bonds is 3. The molecule has 2 aromatic carbocycles. The van der Waals surface area contributed by atoms with Gasteiger partial charge in [-0.2, -0.15) is 0 Å². The molecule has 0 spiro atoms. The first-order valence-corrected chi connectivity index (χ1v) is 8.74. The van der Waals surface area contributed by atoms with E-state index >= 15 is 0 Å². The van der Waals surface area contributed by atoms with Gasteiger partial charge in [-0.15, -0.1) is 22.7 Å². The highest BCUT2D eigenvalue weighted by Gasteiger charge is 2.19. The van der Waals surface area contributed by atoms with Crippen LogP contribution in [0.2, 0.25) is 0 Å². The largest absolute Gasteiger partial charge is 0.309 e. The molecular weight excluding hydrogens is 294 g/mol. The molecule has 3 heteroatoms. The maximum absolute atomic E-state index is 3.50. The van der Waals surface area contributed by atoms with E-state index < -0.39 is 0 Å². The molecule has 4 rings (SSSR count). The van der Waals surface area contributed by atoms with Crippen molar-refractivity contribution < 1.29 is 0 Å². The van der Waals surface area contributed by atoms with Gasteiger partial charge < -0.3 is 5.32 Å². The van der Waals surface area contributed by atoms with Crippen molar-refractivity contribution in [3.05, 3.63) is 70.4 Å². The van der Waals surface area contributed by atoms with Crippen molar-refractivity contribution in [2.45, 2.75) is 6.04 Å². The number of hydrogen-bond acceptors (Lipinski definition) is 3. The second kappa shape index (κ2) is 5.26.